The van der Waals surface area contributed by atoms with Crippen LogP contribution in [0, 0.1) is 11.8 Å². The molecule has 0 spiro atoms. The number of H-pyrrole nitrogens is 2. The lowest BCUT2D eigenvalue weighted by Gasteiger charge is -2.35. The number of carbonyl (C=O) groups excluding carboxylic acids is 1. The third kappa shape index (κ3) is 3.97. The fraction of sp³-hybridized carbons (Fsp3) is 0.333. The summed E-state index contributed by atoms with van der Waals surface area (Å²) in [6.45, 7) is 5.54. The summed E-state index contributed by atoms with van der Waals surface area (Å²) in [4.78, 5) is 31.5. The average Bonchev–Trinajstić information content (AvgIpc) is 3.06. The molecule has 2 heterocycles. The van der Waals surface area contributed by atoms with Gasteiger partial charge >= 0.3 is 5.69 Å². The van der Waals surface area contributed by atoms with Gasteiger partial charge in [-0.2, -0.15) is 0 Å². The molecule has 0 saturated carbocycles. The zero-order valence-electron chi connectivity index (χ0n) is 16.8. The number of amides is 1. The van der Waals surface area contributed by atoms with Gasteiger partial charge in [0.1, 0.15) is 0 Å². The van der Waals surface area contributed by atoms with E-state index in [1.807, 2.05) is 0 Å². The van der Waals surface area contributed by atoms with Crippen LogP contribution in [0.5, 0.6) is 0 Å². The molecular weight excluding hydrogens is 404 g/mol. The van der Waals surface area contributed by atoms with Gasteiger partial charge in [0.2, 0.25) is 0 Å². The van der Waals surface area contributed by atoms with Crippen molar-refractivity contribution < 1.29 is 13.2 Å². The number of nitrogens with zero attached hydrogens (tertiary/aromatic N) is 1. The summed E-state index contributed by atoms with van der Waals surface area (Å²) in [6.07, 6.45) is 1.07. The number of nitrogens with one attached hydrogen (secondary N) is 3. The second kappa shape index (κ2) is 7.64. The number of likely N-dealkylation sites (tertiary alicyclic amines) is 1. The SMILES string of the molecule is C[C@H]1C[C@H](C)CN(C(=O)c2ccccc2NS(=O)(=O)c2ccc3[nH]c(=O)[nH]c3c2)C1. The van der Waals surface area contributed by atoms with Crippen molar-refractivity contribution >= 4 is 32.7 Å². The summed E-state index contributed by atoms with van der Waals surface area (Å²) in [5, 5.41) is 0. The molecule has 1 fully saturated rings. The van der Waals surface area contributed by atoms with Crippen molar-refractivity contribution in [3.63, 3.8) is 0 Å². The molecule has 1 aromatic heterocycles. The molecule has 8 nitrogen and oxygen atoms in total. The normalized spacial score (nSPS) is 19.7. The maximum absolute atomic E-state index is 13.2. The summed E-state index contributed by atoms with van der Waals surface area (Å²) in [5.74, 6) is 0.616. The van der Waals surface area contributed by atoms with Gasteiger partial charge < -0.3 is 14.9 Å². The van der Waals surface area contributed by atoms with Crippen LogP contribution >= 0.6 is 0 Å². The standard InChI is InChI=1S/C21H24N4O4S/c1-13-9-14(2)12-25(11-13)20(26)16-5-3-4-6-17(16)24-30(28,29)15-7-8-18-19(10-15)23-21(27)22-18/h3-8,10,13-14,24H,9,11-12H2,1-2H3,(H2,22,23,27)/t13-,14-/m0/s1. The molecule has 9 heteroatoms. The molecule has 30 heavy (non-hydrogen) atoms. The van der Waals surface area contributed by atoms with Crippen molar-refractivity contribution in [2.24, 2.45) is 11.8 Å². The van der Waals surface area contributed by atoms with E-state index in [0.717, 1.165) is 6.42 Å². The number of rotatable bonds is 4. The molecule has 0 bridgehead atoms. The van der Waals surface area contributed by atoms with E-state index < -0.39 is 15.7 Å². The van der Waals surface area contributed by atoms with E-state index >= 15 is 0 Å². The third-order valence-corrected chi connectivity index (χ3v) is 6.72. The minimum absolute atomic E-state index is 0.00674. The van der Waals surface area contributed by atoms with Crippen LogP contribution in [0.15, 0.2) is 52.2 Å². The monoisotopic (exact) mass is 428 g/mol. The minimum atomic E-state index is -3.96. The molecule has 3 aromatic rings. The van der Waals surface area contributed by atoms with Crippen molar-refractivity contribution in [3.05, 3.63) is 58.5 Å². The molecule has 1 amide bonds. The summed E-state index contributed by atoms with van der Waals surface area (Å²) >= 11 is 0. The highest BCUT2D eigenvalue weighted by molar-refractivity contribution is 7.92. The average molecular weight is 429 g/mol. The van der Waals surface area contributed by atoms with Gasteiger partial charge in [-0.3, -0.25) is 9.52 Å². The predicted molar refractivity (Wildman–Crippen MR) is 115 cm³/mol. The largest absolute Gasteiger partial charge is 0.338 e. The van der Waals surface area contributed by atoms with E-state index in [1.165, 1.54) is 18.2 Å². The topological polar surface area (TPSA) is 115 Å². The highest BCUT2D eigenvalue weighted by Gasteiger charge is 2.28. The Morgan fingerprint density at radius 2 is 1.70 bits per heavy atom. The molecule has 0 aliphatic carbocycles. The Labute approximate surface area is 174 Å². The van der Waals surface area contributed by atoms with E-state index in [1.54, 1.807) is 29.2 Å². The molecule has 1 aliphatic heterocycles. The first-order chi connectivity index (χ1) is 14.2. The zero-order chi connectivity index (χ0) is 21.5. The second-order valence-electron chi connectivity index (χ2n) is 8.09. The Bertz CT molecular complexity index is 1250. The molecule has 158 valence electrons. The van der Waals surface area contributed by atoms with Crippen LogP contribution < -0.4 is 10.4 Å². The Morgan fingerprint density at radius 3 is 2.43 bits per heavy atom. The quantitative estimate of drug-likeness (QED) is 0.593. The lowest BCUT2D eigenvalue weighted by Crippen LogP contribution is -2.42. The number of anilines is 1. The second-order valence-corrected chi connectivity index (χ2v) is 9.78. The Morgan fingerprint density at radius 1 is 1.03 bits per heavy atom. The van der Waals surface area contributed by atoms with Crippen LogP contribution in [0.25, 0.3) is 11.0 Å². The first-order valence-electron chi connectivity index (χ1n) is 9.86. The number of benzene rings is 2. The Balaban J connectivity index is 1.64. The van der Waals surface area contributed by atoms with Crippen molar-refractivity contribution in [2.75, 3.05) is 17.8 Å². The van der Waals surface area contributed by atoms with Gasteiger partial charge in [0, 0.05) is 13.1 Å². The number of carbonyl (C=O) groups is 1. The third-order valence-electron chi connectivity index (χ3n) is 5.36. The van der Waals surface area contributed by atoms with Gasteiger partial charge in [-0.1, -0.05) is 26.0 Å². The van der Waals surface area contributed by atoms with Gasteiger partial charge in [-0.25, -0.2) is 13.2 Å². The molecular formula is C21H24N4O4S. The van der Waals surface area contributed by atoms with Crippen LogP contribution in [0.2, 0.25) is 0 Å². The fourth-order valence-corrected chi connectivity index (χ4v) is 5.25. The number of piperidine rings is 1. The highest BCUT2D eigenvalue weighted by atomic mass is 32.2. The van der Waals surface area contributed by atoms with Gasteiger partial charge in [-0.05, 0) is 48.6 Å². The first kappa shape index (κ1) is 20.2. The van der Waals surface area contributed by atoms with Crippen LogP contribution in [0.1, 0.15) is 30.6 Å². The molecule has 2 aromatic carbocycles. The maximum atomic E-state index is 13.2. The van der Waals surface area contributed by atoms with E-state index in [9.17, 15) is 18.0 Å². The van der Waals surface area contributed by atoms with Crippen molar-refractivity contribution in [2.45, 2.75) is 25.2 Å². The van der Waals surface area contributed by atoms with Crippen molar-refractivity contribution in [3.8, 4) is 0 Å². The zero-order valence-corrected chi connectivity index (χ0v) is 17.6. The van der Waals surface area contributed by atoms with Crippen LogP contribution in [-0.4, -0.2) is 42.3 Å². The van der Waals surface area contributed by atoms with E-state index in [2.05, 4.69) is 28.5 Å². The Kier molecular flexibility index (Phi) is 5.15. The van der Waals surface area contributed by atoms with Crippen LogP contribution in [0.3, 0.4) is 0 Å². The smallest absolute Gasteiger partial charge is 0.323 e. The lowest BCUT2D eigenvalue weighted by atomic mass is 9.91. The van der Waals surface area contributed by atoms with Crippen LogP contribution in [0.4, 0.5) is 5.69 Å². The summed E-state index contributed by atoms with van der Waals surface area (Å²) < 4.78 is 28.5. The van der Waals surface area contributed by atoms with E-state index in [4.69, 9.17) is 0 Å². The number of para-hydroxylation sites is 1. The van der Waals surface area contributed by atoms with Gasteiger partial charge in [0.25, 0.3) is 15.9 Å². The summed E-state index contributed by atoms with van der Waals surface area (Å²) in [5.41, 5.74) is 1.05. The van der Waals surface area contributed by atoms with Crippen molar-refractivity contribution in [1.29, 1.82) is 0 Å². The molecule has 0 unspecified atom stereocenters. The van der Waals surface area contributed by atoms with Gasteiger partial charge in [0.05, 0.1) is 27.2 Å². The minimum Gasteiger partial charge on any atom is -0.338 e. The molecule has 2 atom stereocenters. The predicted octanol–water partition coefficient (Wildman–Crippen LogP) is 2.78. The summed E-state index contributed by atoms with van der Waals surface area (Å²) in [7, 11) is -3.96. The molecule has 0 radical (unpaired) electrons. The number of imidazole rings is 1. The maximum Gasteiger partial charge on any atom is 0.323 e. The fourth-order valence-electron chi connectivity index (χ4n) is 4.14. The highest BCUT2D eigenvalue weighted by Crippen LogP contribution is 2.26. The van der Waals surface area contributed by atoms with E-state index in [0.29, 0.717) is 41.5 Å². The summed E-state index contributed by atoms with van der Waals surface area (Å²) in [6, 6.07) is 10.9. The molecule has 4 rings (SSSR count). The molecule has 1 aliphatic rings. The Hall–Kier alpha value is -3.07. The lowest BCUT2D eigenvalue weighted by molar-refractivity contribution is 0.0624. The van der Waals surface area contributed by atoms with Gasteiger partial charge in [0.15, 0.2) is 0 Å². The number of aromatic amines is 2. The first-order valence-corrected chi connectivity index (χ1v) is 11.3. The number of hydrogen-bond acceptors (Lipinski definition) is 4. The van der Waals surface area contributed by atoms with Gasteiger partial charge in [-0.15, -0.1) is 0 Å². The number of fused-ring (bicyclic) bond motifs is 1. The van der Waals surface area contributed by atoms with E-state index in [-0.39, 0.29) is 16.5 Å². The molecule has 1 saturated heterocycles. The number of aromatic nitrogens is 2. The number of sulfonamides is 1. The molecule has 3 N–H and O–H groups in total. The van der Waals surface area contributed by atoms with Crippen molar-refractivity contribution in [1.82, 2.24) is 14.9 Å². The van der Waals surface area contributed by atoms with Crippen LogP contribution in [-0.2, 0) is 10.0 Å². The number of hydrogen-bond donors (Lipinski definition) is 3.